The van der Waals surface area contributed by atoms with E-state index in [0.29, 0.717) is 6.42 Å². The zero-order valence-electron chi connectivity index (χ0n) is 10.2. The smallest absolute Gasteiger partial charge is 0.226 e. The molecule has 0 spiro atoms. The topological polar surface area (TPSA) is 33.5 Å². The molecule has 0 N–H and O–H groups in total. The molecule has 92 valence electrons. The molecule has 2 atom stereocenters. The van der Waals surface area contributed by atoms with Gasteiger partial charge in [0.05, 0.1) is 24.8 Å². The van der Waals surface area contributed by atoms with Gasteiger partial charge in [0.15, 0.2) is 0 Å². The van der Waals surface area contributed by atoms with E-state index in [1.165, 1.54) is 0 Å². The summed E-state index contributed by atoms with van der Waals surface area (Å²) in [5, 5.41) is 0. The molecule has 2 aromatic rings. The summed E-state index contributed by atoms with van der Waals surface area (Å²) in [5.41, 5.74) is 1.15. The molecule has 1 amide bonds. The lowest BCUT2D eigenvalue weighted by molar-refractivity contribution is -0.151. The average Bonchev–Trinajstić information content (AvgIpc) is 2.90. The van der Waals surface area contributed by atoms with Crippen LogP contribution in [0.5, 0.6) is 0 Å². The third-order valence-corrected chi connectivity index (χ3v) is 3.56. The Morgan fingerprint density at radius 1 is 1.22 bits per heavy atom. The van der Waals surface area contributed by atoms with Gasteiger partial charge in [-0.1, -0.05) is 30.3 Å². The second-order valence-corrected chi connectivity index (χ2v) is 4.62. The molecule has 3 rings (SSSR count). The predicted octanol–water partition coefficient (Wildman–Crippen LogP) is 3.31. The molecule has 1 aromatic heterocycles. The zero-order chi connectivity index (χ0) is 12.5. The fraction of sp³-hybridized carbons (Fsp3) is 0.267. The van der Waals surface area contributed by atoms with Gasteiger partial charge in [-0.25, -0.2) is 0 Å². The summed E-state index contributed by atoms with van der Waals surface area (Å²) in [4.78, 5) is 13.7. The van der Waals surface area contributed by atoms with Crippen molar-refractivity contribution in [1.82, 2.24) is 4.90 Å². The Hall–Kier alpha value is -2.03. The lowest BCUT2D eigenvalue weighted by Gasteiger charge is -2.43. The summed E-state index contributed by atoms with van der Waals surface area (Å²) in [6.45, 7) is 2.06. The van der Waals surface area contributed by atoms with E-state index in [0.717, 1.165) is 11.3 Å². The molecule has 0 bridgehead atoms. The Kier molecular flexibility index (Phi) is 2.67. The van der Waals surface area contributed by atoms with Crippen LogP contribution in [0.2, 0.25) is 0 Å². The molecule has 1 aliphatic heterocycles. The first-order chi connectivity index (χ1) is 8.77. The van der Waals surface area contributed by atoms with Gasteiger partial charge in [-0.3, -0.25) is 4.79 Å². The van der Waals surface area contributed by atoms with Gasteiger partial charge in [-0.15, -0.1) is 0 Å². The van der Waals surface area contributed by atoms with E-state index in [1.807, 2.05) is 35.2 Å². The highest BCUT2D eigenvalue weighted by atomic mass is 16.3. The van der Waals surface area contributed by atoms with Crippen molar-refractivity contribution >= 4 is 5.91 Å². The van der Waals surface area contributed by atoms with Crippen LogP contribution in [0.15, 0.2) is 53.1 Å². The molecular formula is C15H15NO2. The van der Waals surface area contributed by atoms with Crippen LogP contribution in [-0.4, -0.2) is 10.8 Å². The molecule has 3 nitrogen and oxygen atoms in total. The third kappa shape index (κ3) is 1.72. The minimum atomic E-state index is 0.0857. The lowest BCUT2D eigenvalue weighted by atomic mass is 9.94. The molecule has 0 saturated carbocycles. The van der Waals surface area contributed by atoms with Gasteiger partial charge < -0.3 is 9.32 Å². The Morgan fingerprint density at radius 3 is 2.61 bits per heavy atom. The van der Waals surface area contributed by atoms with Crippen molar-refractivity contribution in [1.29, 1.82) is 0 Å². The van der Waals surface area contributed by atoms with E-state index < -0.39 is 0 Å². The molecule has 1 aromatic carbocycles. The molecule has 1 aliphatic rings. The van der Waals surface area contributed by atoms with Crippen molar-refractivity contribution in [2.45, 2.75) is 25.4 Å². The van der Waals surface area contributed by atoms with Crippen molar-refractivity contribution in [2.24, 2.45) is 0 Å². The number of carbonyl (C=O) groups excluding carboxylic acids is 1. The van der Waals surface area contributed by atoms with E-state index in [9.17, 15) is 4.79 Å². The first-order valence-electron chi connectivity index (χ1n) is 6.17. The fourth-order valence-electron chi connectivity index (χ4n) is 2.53. The maximum Gasteiger partial charge on any atom is 0.226 e. The molecule has 1 fully saturated rings. The third-order valence-electron chi connectivity index (χ3n) is 3.56. The summed E-state index contributed by atoms with van der Waals surface area (Å²) >= 11 is 0. The molecule has 1 saturated heterocycles. The van der Waals surface area contributed by atoms with E-state index in [-0.39, 0.29) is 18.0 Å². The van der Waals surface area contributed by atoms with Crippen molar-refractivity contribution in [3.63, 3.8) is 0 Å². The van der Waals surface area contributed by atoms with Gasteiger partial charge in [0.2, 0.25) is 5.91 Å². The standard InChI is InChI=1S/C15H15NO2/c1-11(12-6-3-2-4-7-12)16-13(10-15(16)17)14-8-5-9-18-14/h2-9,11,13H,10H2,1H3/t11-,13+/m0/s1. The molecular weight excluding hydrogens is 226 g/mol. The summed E-state index contributed by atoms with van der Waals surface area (Å²) in [6.07, 6.45) is 2.20. The minimum Gasteiger partial charge on any atom is -0.467 e. The van der Waals surface area contributed by atoms with Crippen LogP contribution < -0.4 is 0 Å². The molecule has 0 radical (unpaired) electrons. The number of hydrogen-bond donors (Lipinski definition) is 0. The highest BCUT2D eigenvalue weighted by Gasteiger charge is 2.41. The minimum absolute atomic E-state index is 0.0857. The van der Waals surface area contributed by atoms with E-state index in [1.54, 1.807) is 6.26 Å². The SMILES string of the molecule is C[C@@H](c1ccccc1)N1C(=O)C[C@@H]1c1ccco1. The number of rotatable bonds is 3. The summed E-state index contributed by atoms with van der Waals surface area (Å²) in [6, 6.07) is 14.1. The van der Waals surface area contributed by atoms with Crippen molar-refractivity contribution in [3.8, 4) is 0 Å². The first-order valence-corrected chi connectivity index (χ1v) is 6.17. The Labute approximate surface area is 106 Å². The number of carbonyl (C=O) groups is 1. The number of furan rings is 1. The first kappa shape index (κ1) is 11.1. The highest BCUT2D eigenvalue weighted by Crippen LogP contribution is 2.41. The number of β-lactam (4-membered cyclic amide) rings is 1. The van der Waals surface area contributed by atoms with Crippen LogP contribution >= 0.6 is 0 Å². The normalized spacial score (nSPS) is 20.6. The van der Waals surface area contributed by atoms with Crippen molar-refractivity contribution in [3.05, 3.63) is 60.1 Å². The number of hydrogen-bond acceptors (Lipinski definition) is 2. The lowest BCUT2D eigenvalue weighted by Crippen LogP contribution is -2.47. The van der Waals surface area contributed by atoms with Crippen LogP contribution in [0.1, 0.15) is 36.8 Å². The molecule has 0 aliphatic carbocycles. The molecule has 0 unspecified atom stereocenters. The summed E-state index contributed by atoms with van der Waals surface area (Å²) in [5.74, 6) is 1.06. The maximum atomic E-state index is 11.8. The van der Waals surface area contributed by atoms with Gasteiger partial charge in [0.25, 0.3) is 0 Å². The van der Waals surface area contributed by atoms with Crippen LogP contribution in [0.25, 0.3) is 0 Å². The maximum absolute atomic E-state index is 11.8. The van der Waals surface area contributed by atoms with Gasteiger partial charge in [-0.2, -0.15) is 0 Å². The van der Waals surface area contributed by atoms with E-state index >= 15 is 0 Å². The van der Waals surface area contributed by atoms with Gasteiger partial charge >= 0.3 is 0 Å². The number of likely N-dealkylation sites (tertiary alicyclic amines) is 1. The van der Waals surface area contributed by atoms with Crippen molar-refractivity contribution in [2.75, 3.05) is 0 Å². The number of amides is 1. The average molecular weight is 241 g/mol. The van der Waals surface area contributed by atoms with Crippen LogP contribution in [0.3, 0.4) is 0 Å². The number of nitrogens with zero attached hydrogens (tertiary/aromatic N) is 1. The molecule has 18 heavy (non-hydrogen) atoms. The fourth-order valence-corrected chi connectivity index (χ4v) is 2.53. The van der Waals surface area contributed by atoms with Gasteiger partial charge in [0.1, 0.15) is 5.76 Å². The zero-order valence-corrected chi connectivity index (χ0v) is 10.2. The van der Waals surface area contributed by atoms with Gasteiger partial charge in [-0.05, 0) is 24.6 Å². The highest BCUT2D eigenvalue weighted by molar-refractivity contribution is 5.83. The van der Waals surface area contributed by atoms with E-state index in [2.05, 4.69) is 19.1 Å². The Bertz CT molecular complexity index is 533. The van der Waals surface area contributed by atoms with Crippen LogP contribution in [-0.2, 0) is 4.79 Å². The summed E-state index contributed by atoms with van der Waals surface area (Å²) < 4.78 is 5.41. The van der Waals surface area contributed by atoms with Crippen LogP contribution in [0.4, 0.5) is 0 Å². The largest absolute Gasteiger partial charge is 0.467 e. The van der Waals surface area contributed by atoms with Crippen molar-refractivity contribution < 1.29 is 9.21 Å². The second kappa shape index (κ2) is 4.33. The Morgan fingerprint density at radius 2 is 2.00 bits per heavy atom. The molecule has 2 heterocycles. The number of benzene rings is 1. The quantitative estimate of drug-likeness (QED) is 0.772. The van der Waals surface area contributed by atoms with Gasteiger partial charge in [0, 0.05) is 0 Å². The monoisotopic (exact) mass is 241 g/mol. The van der Waals surface area contributed by atoms with Crippen LogP contribution in [0, 0.1) is 0 Å². The summed E-state index contributed by atoms with van der Waals surface area (Å²) in [7, 11) is 0. The second-order valence-electron chi connectivity index (χ2n) is 4.62. The molecule has 3 heteroatoms. The Balaban J connectivity index is 1.84. The predicted molar refractivity (Wildman–Crippen MR) is 67.8 cm³/mol. The van der Waals surface area contributed by atoms with E-state index in [4.69, 9.17) is 4.42 Å².